The zero-order chi connectivity index (χ0) is 18.5. The molecule has 27 heavy (non-hydrogen) atoms. The lowest BCUT2D eigenvalue weighted by atomic mass is 10.0. The molecule has 0 radical (unpaired) electrons. The van der Waals surface area contributed by atoms with E-state index in [0.717, 1.165) is 45.7 Å². The minimum absolute atomic E-state index is 0.0154. The molecule has 1 atom stereocenters. The Kier molecular flexibility index (Phi) is 5.84. The number of hydrogen-bond donors (Lipinski definition) is 1. The third-order valence-corrected chi connectivity index (χ3v) is 5.19. The van der Waals surface area contributed by atoms with Gasteiger partial charge in [-0.3, -0.25) is 9.69 Å². The van der Waals surface area contributed by atoms with Crippen molar-refractivity contribution in [3.63, 3.8) is 0 Å². The highest BCUT2D eigenvalue weighted by atomic mass is 16.5. The van der Waals surface area contributed by atoms with Gasteiger partial charge in [-0.05, 0) is 30.7 Å². The summed E-state index contributed by atoms with van der Waals surface area (Å²) >= 11 is 0. The van der Waals surface area contributed by atoms with Gasteiger partial charge >= 0.3 is 0 Å². The zero-order valence-electron chi connectivity index (χ0n) is 15.6. The van der Waals surface area contributed by atoms with Crippen molar-refractivity contribution < 1.29 is 13.9 Å². The van der Waals surface area contributed by atoms with Crippen molar-refractivity contribution in [3.05, 3.63) is 53.7 Å². The summed E-state index contributed by atoms with van der Waals surface area (Å²) in [4.78, 5) is 19.5. The Bertz CT molecular complexity index is 736. The molecule has 1 N–H and O–H groups in total. The van der Waals surface area contributed by atoms with Crippen LogP contribution in [0.15, 0.2) is 41.0 Å². The van der Waals surface area contributed by atoms with E-state index >= 15 is 0 Å². The molecule has 1 aliphatic carbocycles. The Balaban J connectivity index is 1.40. The third-order valence-electron chi connectivity index (χ3n) is 5.19. The van der Waals surface area contributed by atoms with Gasteiger partial charge in [0.1, 0.15) is 6.26 Å². The van der Waals surface area contributed by atoms with Gasteiger partial charge in [0, 0.05) is 32.1 Å². The van der Waals surface area contributed by atoms with Crippen LogP contribution in [-0.2, 0) is 17.6 Å². The van der Waals surface area contributed by atoms with Crippen LogP contribution in [0.5, 0.6) is 0 Å². The SMILES string of the molecule is O=C(NC(Cc1ccccc1)CN1CCOCC1)c1coc(CC2CC2)n1. The lowest BCUT2D eigenvalue weighted by Crippen LogP contribution is -2.48. The van der Waals surface area contributed by atoms with Crippen molar-refractivity contribution in [1.82, 2.24) is 15.2 Å². The van der Waals surface area contributed by atoms with Crippen molar-refractivity contribution in [2.75, 3.05) is 32.8 Å². The molecule has 1 amide bonds. The molecule has 1 aliphatic heterocycles. The van der Waals surface area contributed by atoms with Gasteiger partial charge in [0.15, 0.2) is 11.6 Å². The van der Waals surface area contributed by atoms with Crippen LogP contribution in [0.25, 0.3) is 0 Å². The topological polar surface area (TPSA) is 67.6 Å². The van der Waals surface area contributed by atoms with Gasteiger partial charge in [-0.25, -0.2) is 4.98 Å². The first-order chi connectivity index (χ1) is 13.3. The predicted octanol–water partition coefficient (Wildman–Crippen LogP) is 2.30. The molecule has 2 fully saturated rings. The maximum absolute atomic E-state index is 12.7. The summed E-state index contributed by atoms with van der Waals surface area (Å²) in [6, 6.07) is 10.3. The van der Waals surface area contributed by atoms with Crippen LogP contribution in [0.4, 0.5) is 0 Å². The quantitative estimate of drug-likeness (QED) is 0.773. The normalized spacial score (nSPS) is 19.0. The van der Waals surface area contributed by atoms with Crippen LogP contribution in [0.2, 0.25) is 0 Å². The average molecular weight is 369 g/mol. The number of carbonyl (C=O) groups is 1. The number of ether oxygens (including phenoxy) is 1. The summed E-state index contributed by atoms with van der Waals surface area (Å²) < 4.78 is 10.9. The van der Waals surface area contributed by atoms with Crippen molar-refractivity contribution in [3.8, 4) is 0 Å². The molecule has 1 saturated heterocycles. The van der Waals surface area contributed by atoms with E-state index in [2.05, 4.69) is 27.3 Å². The van der Waals surface area contributed by atoms with E-state index in [0.29, 0.717) is 17.5 Å². The Morgan fingerprint density at radius 1 is 1.22 bits per heavy atom. The number of hydrogen-bond acceptors (Lipinski definition) is 5. The van der Waals surface area contributed by atoms with E-state index in [4.69, 9.17) is 9.15 Å². The summed E-state index contributed by atoms with van der Waals surface area (Å²) in [5.74, 6) is 1.21. The van der Waals surface area contributed by atoms with Crippen LogP contribution < -0.4 is 5.32 Å². The molecule has 1 saturated carbocycles. The molecule has 2 aromatic rings. The van der Waals surface area contributed by atoms with Crippen LogP contribution in [0, 0.1) is 5.92 Å². The second-order valence-corrected chi connectivity index (χ2v) is 7.55. The molecule has 2 aliphatic rings. The van der Waals surface area contributed by atoms with Crippen LogP contribution in [0.3, 0.4) is 0 Å². The second-order valence-electron chi connectivity index (χ2n) is 7.55. The van der Waals surface area contributed by atoms with Crippen LogP contribution in [0.1, 0.15) is 34.8 Å². The summed E-state index contributed by atoms with van der Waals surface area (Å²) in [6.07, 6.45) is 5.60. The third kappa shape index (κ3) is 5.40. The van der Waals surface area contributed by atoms with E-state index < -0.39 is 0 Å². The number of nitrogens with one attached hydrogen (secondary N) is 1. The van der Waals surface area contributed by atoms with E-state index in [-0.39, 0.29) is 11.9 Å². The monoisotopic (exact) mass is 369 g/mol. The molecule has 6 nitrogen and oxygen atoms in total. The van der Waals surface area contributed by atoms with Crippen LogP contribution in [-0.4, -0.2) is 54.7 Å². The fourth-order valence-corrected chi connectivity index (χ4v) is 3.49. The largest absolute Gasteiger partial charge is 0.448 e. The van der Waals surface area contributed by atoms with E-state index in [1.165, 1.54) is 24.7 Å². The number of carbonyl (C=O) groups excluding carboxylic acids is 1. The van der Waals surface area contributed by atoms with Gasteiger partial charge in [-0.2, -0.15) is 0 Å². The summed E-state index contributed by atoms with van der Waals surface area (Å²) in [5.41, 5.74) is 1.59. The average Bonchev–Trinajstić information content (AvgIpc) is 3.37. The smallest absolute Gasteiger partial charge is 0.273 e. The fraction of sp³-hybridized carbons (Fsp3) is 0.524. The summed E-state index contributed by atoms with van der Waals surface area (Å²) in [5, 5.41) is 3.17. The first kappa shape index (κ1) is 18.2. The minimum Gasteiger partial charge on any atom is -0.448 e. The number of amides is 1. The highest BCUT2D eigenvalue weighted by molar-refractivity contribution is 5.92. The molecule has 4 rings (SSSR count). The van der Waals surface area contributed by atoms with Crippen molar-refractivity contribution >= 4 is 5.91 Å². The van der Waals surface area contributed by atoms with Gasteiger partial charge in [0.2, 0.25) is 0 Å². The Morgan fingerprint density at radius 3 is 2.74 bits per heavy atom. The zero-order valence-corrected chi connectivity index (χ0v) is 15.6. The number of rotatable bonds is 8. The van der Waals surface area contributed by atoms with Crippen molar-refractivity contribution in [2.24, 2.45) is 5.92 Å². The molecule has 1 unspecified atom stereocenters. The Morgan fingerprint density at radius 2 is 2.00 bits per heavy atom. The second kappa shape index (κ2) is 8.67. The van der Waals surface area contributed by atoms with Crippen molar-refractivity contribution in [1.29, 1.82) is 0 Å². The Labute approximate surface area is 159 Å². The fourth-order valence-electron chi connectivity index (χ4n) is 3.49. The first-order valence-electron chi connectivity index (χ1n) is 9.85. The minimum atomic E-state index is -0.157. The number of nitrogens with zero attached hydrogens (tertiary/aromatic N) is 2. The molecule has 1 aromatic carbocycles. The van der Waals surface area contributed by atoms with Gasteiger partial charge in [0.25, 0.3) is 5.91 Å². The van der Waals surface area contributed by atoms with Gasteiger partial charge < -0.3 is 14.5 Å². The van der Waals surface area contributed by atoms with Gasteiger partial charge in [-0.15, -0.1) is 0 Å². The lowest BCUT2D eigenvalue weighted by molar-refractivity contribution is 0.0333. The molecular formula is C21H27N3O3. The maximum atomic E-state index is 12.7. The Hall–Kier alpha value is -2.18. The molecule has 144 valence electrons. The van der Waals surface area contributed by atoms with E-state index in [1.54, 1.807) is 0 Å². The molecule has 6 heteroatoms. The first-order valence-corrected chi connectivity index (χ1v) is 9.85. The highest BCUT2D eigenvalue weighted by Crippen LogP contribution is 2.32. The molecule has 0 bridgehead atoms. The molecular weight excluding hydrogens is 342 g/mol. The number of aromatic nitrogens is 1. The number of oxazole rings is 1. The molecule has 1 aromatic heterocycles. The van der Waals surface area contributed by atoms with Gasteiger partial charge in [-0.1, -0.05) is 30.3 Å². The predicted molar refractivity (Wildman–Crippen MR) is 102 cm³/mol. The number of morpholine rings is 1. The molecule has 0 spiro atoms. The van der Waals surface area contributed by atoms with Crippen LogP contribution >= 0.6 is 0 Å². The standard InChI is InChI=1S/C21H27N3O3/c25-21(19-15-27-20(23-19)13-17-6-7-17)22-18(12-16-4-2-1-3-5-16)14-24-8-10-26-11-9-24/h1-5,15,17-18H,6-14H2,(H,22,25). The highest BCUT2D eigenvalue weighted by Gasteiger charge is 2.25. The maximum Gasteiger partial charge on any atom is 0.273 e. The number of benzene rings is 1. The summed E-state index contributed by atoms with van der Waals surface area (Å²) in [7, 11) is 0. The summed E-state index contributed by atoms with van der Waals surface area (Å²) in [6.45, 7) is 4.10. The van der Waals surface area contributed by atoms with Crippen molar-refractivity contribution in [2.45, 2.75) is 31.7 Å². The van der Waals surface area contributed by atoms with E-state index in [1.807, 2.05) is 18.2 Å². The molecule has 2 heterocycles. The van der Waals surface area contributed by atoms with E-state index in [9.17, 15) is 4.79 Å². The lowest BCUT2D eigenvalue weighted by Gasteiger charge is -2.30. The van der Waals surface area contributed by atoms with Gasteiger partial charge in [0.05, 0.1) is 13.2 Å².